The number of amides is 4. The summed E-state index contributed by atoms with van der Waals surface area (Å²) in [6.07, 6.45) is 0.392. The first-order valence-electron chi connectivity index (χ1n) is 10.7. The van der Waals surface area contributed by atoms with E-state index in [1.807, 2.05) is 0 Å². The molecule has 1 unspecified atom stereocenters. The van der Waals surface area contributed by atoms with Crippen LogP contribution in [0.3, 0.4) is 0 Å². The Bertz CT molecular complexity index is 1210. The van der Waals surface area contributed by atoms with Crippen LogP contribution in [0.5, 0.6) is 0 Å². The maximum Gasteiger partial charge on any atom is 0.348 e. The molecule has 1 N–H and O–H groups in total. The number of hydrogen-bond donors (Lipinski definition) is 1. The van der Waals surface area contributed by atoms with Gasteiger partial charge in [0.1, 0.15) is 13.9 Å². The molecule has 0 spiro atoms. The molecule has 174 valence electrons. The molecule has 4 rings (SSSR count). The summed E-state index contributed by atoms with van der Waals surface area (Å²) >= 11 is 5.75. The van der Waals surface area contributed by atoms with E-state index in [1.54, 1.807) is 20.0 Å². The standard InChI is InChI=1S/C22H20B2ClF2N3O4/c23-16-8-15-11(9-29(20(15)33)17-5-6-18(31)28-19(17)32)7-12(16)10-30(24)21(34)22(26,27)13-1-3-14(25)4-2-13/h1-4,7-8,17H,5-6,9-10,23-24H2,(H,28,31,32). The lowest BCUT2D eigenvalue weighted by Crippen LogP contribution is -2.52. The number of fused-ring (bicyclic) bond motifs is 1. The van der Waals surface area contributed by atoms with E-state index in [0.717, 1.165) is 16.9 Å². The van der Waals surface area contributed by atoms with Crippen LogP contribution in [0.2, 0.25) is 5.02 Å². The van der Waals surface area contributed by atoms with E-state index in [9.17, 15) is 28.0 Å². The quantitative estimate of drug-likeness (QED) is 0.478. The second-order valence-corrected chi connectivity index (χ2v) is 9.01. The number of carbonyl (C=O) groups excluding carboxylic acids is 4. The lowest BCUT2D eigenvalue weighted by Gasteiger charge is -2.29. The summed E-state index contributed by atoms with van der Waals surface area (Å²) in [6, 6.07) is 7.44. The molecule has 1 atom stereocenters. The number of imide groups is 1. The van der Waals surface area contributed by atoms with E-state index in [-0.39, 0.29) is 42.8 Å². The predicted octanol–water partition coefficient (Wildman–Crippen LogP) is 0.0281. The fraction of sp³-hybridized carbons (Fsp3) is 0.273. The Balaban J connectivity index is 1.52. The predicted molar refractivity (Wildman–Crippen MR) is 125 cm³/mol. The largest absolute Gasteiger partial charge is 0.384 e. The number of hydrogen-bond acceptors (Lipinski definition) is 4. The molecule has 0 bridgehead atoms. The number of nitrogens with one attached hydrogen (secondary N) is 1. The van der Waals surface area contributed by atoms with Crippen LogP contribution in [0.1, 0.15) is 39.9 Å². The van der Waals surface area contributed by atoms with Crippen LogP contribution >= 0.6 is 11.6 Å². The molecule has 0 radical (unpaired) electrons. The molecule has 0 saturated carbocycles. The fourth-order valence-electron chi connectivity index (χ4n) is 4.30. The normalized spacial score (nSPS) is 18.0. The summed E-state index contributed by atoms with van der Waals surface area (Å²) in [4.78, 5) is 51.5. The van der Waals surface area contributed by atoms with Gasteiger partial charge >= 0.3 is 5.92 Å². The highest BCUT2D eigenvalue weighted by atomic mass is 35.5. The molecule has 12 heteroatoms. The lowest BCUT2D eigenvalue weighted by molar-refractivity contribution is -0.154. The highest BCUT2D eigenvalue weighted by molar-refractivity contribution is 6.34. The Labute approximate surface area is 201 Å². The van der Waals surface area contributed by atoms with Crippen molar-refractivity contribution in [2.24, 2.45) is 0 Å². The summed E-state index contributed by atoms with van der Waals surface area (Å²) < 4.78 is 29.6. The van der Waals surface area contributed by atoms with Crippen LogP contribution in [0.25, 0.3) is 0 Å². The molecule has 1 fully saturated rings. The molecular formula is C22H20B2ClF2N3O4. The smallest absolute Gasteiger partial charge is 0.348 e. The molecule has 2 aliphatic rings. The first-order valence-corrected chi connectivity index (χ1v) is 11.0. The Hall–Kier alpha value is -3.20. The van der Waals surface area contributed by atoms with E-state index in [2.05, 4.69) is 5.32 Å². The highest BCUT2D eigenvalue weighted by Crippen LogP contribution is 2.32. The number of carbonyl (C=O) groups is 4. The SMILES string of the molecule is Bc1cc2c(cc1CN(B)C(=O)C(F)(F)c1ccc(Cl)cc1)CN(C1CCC(=O)NC1=O)C2=O. The Kier molecular flexibility index (Phi) is 6.24. The van der Waals surface area contributed by atoms with Gasteiger partial charge < -0.3 is 9.71 Å². The topological polar surface area (TPSA) is 86.8 Å². The number of rotatable bonds is 5. The molecule has 2 aromatic carbocycles. The van der Waals surface area contributed by atoms with Gasteiger partial charge in [-0.2, -0.15) is 8.78 Å². The van der Waals surface area contributed by atoms with Crippen molar-refractivity contribution in [1.29, 1.82) is 0 Å². The second-order valence-electron chi connectivity index (χ2n) is 8.58. The third kappa shape index (κ3) is 4.32. The zero-order valence-corrected chi connectivity index (χ0v) is 19.3. The Morgan fingerprint density at radius 3 is 2.53 bits per heavy atom. The zero-order valence-electron chi connectivity index (χ0n) is 18.5. The summed E-state index contributed by atoms with van der Waals surface area (Å²) in [6.45, 7) is 0.0695. The summed E-state index contributed by atoms with van der Waals surface area (Å²) in [5, 5.41) is 2.54. The summed E-state index contributed by atoms with van der Waals surface area (Å²) in [5.74, 6) is -6.30. The molecule has 7 nitrogen and oxygen atoms in total. The van der Waals surface area contributed by atoms with Crippen molar-refractivity contribution in [2.45, 2.75) is 37.9 Å². The van der Waals surface area contributed by atoms with Gasteiger partial charge in [0.25, 0.3) is 11.8 Å². The zero-order chi connectivity index (χ0) is 24.8. The molecule has 1 saturated heterocycles. The van der Waals surface area contributed by atoms with Crippen LogP contribution in [-0.4, -0.2) is 55.2 Å². The Morgan fingerprint density at radius 1 is 1.21 bits per heavy atom. The molecule has 0 aliphatic carbocycles. The number of piperidine rings is 1. The fourth-order valence-corrected chi connectivity index (χ4v) is 4.42. The monoisotopic (exact) mass is 485 g/mol. The third-order valence-corrected chi connectivity index (χ3v) is 6.46. The van der Waals surface area contributed by atoms with Crippen molar-refractivity contribution >= 4 is 56.5 Å². The first kappa shape index (κ1) is 23.9. The molecule has 2 heterocycles. The van der Waals surface area contributed by atoms with Crippen LogP contribution in [0, 0.1) is 0 Å². The number of benzene rings is 2. The Morgan fingerprint density at radius 2 is 1.88 bits per heavy atom. The molecule has 2 aliphatic heterocycles. The van der Waals surface area contributed by atoms with E-state index >= 15 is 0 Å². The number of halogens is 3. The van der Waals surface area contributed by atoms with Gasteiger partial charge in [0.15, 0.2) is 0 Å². The average molecular weight is 485 g/mol. The molecule has 4 amide bonds. The molecule has 2 aromatic rings. The minimum atomic E-state index is -3.73. The lowest BCUT2D eigenvalue weighted by atomic mass is 9.86. The van der Waals surface area contributed by atoms with Gasteiger partial charge in [-0.05, 0) is 29.7 Å². The van der Waals surface area contributed by atoms with Crippen LogP contribution in [-0.2, 0) is 33.4 Å². The van der Waals surface area contributed by atoms with Gasteiger partial charge in [-0.15, -0.1) is 0 Å². The van der Waals surface area contributed by atoms with E-state index < -0.39 is 29.3 Å². The molecular weight excluding hydrogens is 465 g/mol. The van der Waals surface area contributed by atoms with Crippen molar-refractivity contribution in [3.05, 3.63) is 63.7 Å². The maximum absolute atomic E-state index is 14.8. The van der Waals surface area contributed by atoms with Crippen LogP contribution < -0.4 is 10.8 Å². The van der Waals surface area contributed by atoms with Crippen LogP contribution in [0.15, 0.2) is 36.4 Å². The van der Waals surface area contributed by atoms with E-state index in [1.165, 1.54) is 25.0 Å². The second kappa shape index (κ2) is 8.87. The van der Waals surface area contributed by atoms with Crippen molar-refractivity contribution in [3.8, 4) is 0 Å². The van der Waals surface area contributed by atoms with Crippen molar-refractivity contribution < 1.29 is 28.0 Å². The average Bonchev–Trinajstić information content (AvgIpc) is 3.09. The number of nitrogens with zero attached hydrogens (tertiary/aromatic N) is 2. The van der Waals surface area contributed by atoms with Gasteiger partial charge in [0.05, 0.1) is 0 Å². The summed E-state index contributed by atoms with van der Waals surface area (Å²) in [7, 11) is 3.02. The van der Waals surface area contributed by atoms with Gasteiger partial charge in [0.2, 0.25) is 19.8 Å². The third-order valence-electron chi connectivity index (χ3n) is 6.21. The van der Waals surface area contributed by atoms with Gasteiger partial charge in [0, 0.05) is 35.7 Å². The molecule has 34 heavy (non-hydrogen) atoms. The minimum Gasteiger partial charge on any atom is -0.384 e. The van der Waals surface area contributed by atoms with Crippen molar-refractivity contribution in [3.63, 3.8) is 0 Å². The molecule has 0 aromatic heterocycles. The first-order chi connectivity index (χ1) is 16.0. The van der Waals surface area contributed by atoms with E-state index in [4.69, 9.17) is 11.6 Å². The highest BCUT2D eigenvalue weighted by Gasteiger charge is 2.43. The maximum atomic E-state index is 14.8. The van der Waals surface area contributed by atoms with E-state index in [0.29, 0.717) is 22.2 Å². The summed E-state index contributed by atoms with van der Waals surface area (Å²) in [5.41, 5.74) is 1.88. The number of alkyl halides is 2. The van der Waals surface area contributed by atoms with Gasteiger partial charge in [-0.1, -0.05) is 41.3 Å². The van der Waals surface area contributed by atoms with Gasteiger partial charge in [-0.3, -0.25) is 24.5 Å². The minimum absolute atomic E-state index is 0.0896. The van der Waals surface area contributed by atoms with Crippen molar-refractivity contribution in [2.75, 3.05) is 0 Å². The van der Waals surface area contributed by atoms with Crippen molar-refractivity contribution in [1.82, 2.24) is 15.0 Å². The van der Waals surface area contributed by atoms with Crippen LogP contribution in [0.4, 0.5) is 8.78 Å². The van der Waals surface area contributed by atoms with Gasteiger partial charge in [-0.25, -0.2) is 0 Å².